The van der Waals surface area contributed by atoms with Gasteiger partial charge in [-0.2, -0.15) is 0 Å². The molecule has 0 radical (unpaired) electrons. The zero-order valence-corrected chi connectivity index (χ0v) is 13.4. The Balaban J connectivity index is 1.68. The Kier molecular flexibility index (Phi) is 3.45. The van der Waals surface area contributed by atoms with Gasteiger partial charge in [0.05, 0.1) is 13.7 Å². The summed E-state index contributed by atoms with van der Waals surface area (Å²) in [6.07, 6.45) is 3.48. The minimum Gasteiger partial charge on any atom is -0.497 e. The number of rotatable bonds is 4. The molecule has 7 heteroatoms. The fourth-order valence-electron chi connectivity index (χ4n) is 3.81. The first-order chi connectivity index (χ1) is 11.6. The number of benzene rings is 1. The molecule has 2 aliphatic rings. The zero-order chi connectivity index (χ0) is 16.7. The van der Waals surface area contributed by atoms with Crippen molar-refractivity contribution in [3.8, 4) is 11.5 Å². The molecule has 1 saturated heterocycles. The second-order valence-electron chi connectivity index (χ2n) is 6.41. The van der Waals surface area contributed by atoms with E-state index in [9.17, 15) is 9.90 Å². The SMILES string of the molecule is COc1ccc2c(c1)OC[C@]1(C(=O)O)CN(Cc3ncc[nH]3)C[C@H]21. The molecule has 2 N–H and O–H groups in total. The predicted molar refractivity (Wildman–Crippen MR) is 85.2 cm³/mol. The van der Waals surface area contributed by atoms with E-state index in [4.69, 9.17) is 9.47 Å². The normalized spacial score (nSPS) is 25.6. The van der Waals surface area contributed by atoms with Crippen molar-refractivity contribution in [3.05, 3.63) is 42.0 Å². The van der Waals surface area contributed by atoms with Crippen molar-refractivity contribution in [2.45, 2.75) is 12.5 Å². The van der Waals surface area contributed by atoms with Gasteiger partial charge < -0.3 is 19.6 Å². The number of carboxylic acid groups (broad SMARTS) is 1. The number of hydrogen-bond acceptors (Lipinski definition) is 5. The van der Waals surface area contributed by atoms with Gasteiger partial charge in [-0.1, -0.05) is 6.07 Å². The highest BCUT2D eigenvalue weighted by atomic mass is 16.5. The largest absolute Gasteiger partial charge is 0.497 e. The van der Waals surface area contributed by atoms with E-state index < -0.39 is 11.4 Å². The fraction of sp³-hybridized carbons (Fsp3) is 0.412. The van der Waals surface area contributed by atoms with Crippen molar-refractivity contribution < 1.29 is 19.4 Å². The summed E-state index contributed by atoms with van der Waals surface area (Å²) in [6, 6.07) is 5.61. The molecule has 24 heavy (non-hydrogen) atoms. The topological polar surface area (TPSA) is 87.7 Å². The van der Waals surface area contributed by atoms with Crippen LogP contribution in [0.3, 0.4) is 0 Å². The third-order valence-corrected chi connectivity index (χ3v) is 5.05. The number of nitrogens with one attached hydrogen (secondary N) is 1. The third-order valence-electron chi connectivity index (χ3n) is 5.05. The lowest BCUT2D eigenvalue weighted by Crippen LogP contribution is -2.45. The van der Waals surface area contributed by atoms with Crippen LogP contribution in [0.1, 0.15) is 17.3 Å². The highest BCUT2D eigenvalue weighted by Gasteiger charge is 2.56. The van der Waals surface area contributed by atoms with Gasteiger partial charge in [-0.25, -0.2) is 4.98 Å². The van der Waals surface area contributed by atoms with Crippen LogP contribution >= 0.6 is 0 Å². The highest BCUT2D eigenvalue weighted by molar-refractivity contribution is 5.78. The van der Waals surface area contributed by atoms with Gasteiger partial charge >= 0.3 is 5.97 Å². The van der Waals surface area contributed by atoms with E-state index in [1.54, 1.807) is 19.5 Å². The molecule has 0 amide bonds. The maximum Gasteiger partial charge on any atom is 0.315 e. The molecule has 0 aliphatic carbocycles. The smallest absolute Gasteiger partial charge is 0.315 e. The summed E-state index contributed by atoms with van der Waals surface area (Å²) in [6.45, 7) is 1.88. The molecule has 0 saturated carbocycles. The van der Waals surface area contributed by atoms with Crippen molar-refractivity contribution in [1.82, 2.24) is 14.9 Å². The Hall–Kier alpha value is -2.54. The summed E-state index contributed by atoms with van der Waals surface area (Å²) >= 11 is 0. The lowest BCUT2D eigenvalue weighted by molar-refractivity contribution is -0.151. The number of ether oxygens (including phenoxy) is 2. The van der Waals surface area contributed by atoms with Crippen molar-refractivity contribution in [2.75, 3.05) is 26.8 Å². The first-order valence-electron chi connectivity index (χ1n) is 7.87. The number of aromatic amines is 1. The average Bonchev–Trinajstić information content (AvgIpc) is 3.22. The second-order valence-corrected chi connectivity index (χ2v) is 6.41. The number of fused-ring (bicyclic) bond motifs is 3. The Labute approximate surface area is 139 Å². The van der Waals surface area contributed by atoms with E-state index in [0.29, 0.717) is 25.4 Å². The van der Waals surface area contributed by atoms with Crippen LogP contribution in [0, 0.1) is 5.41 Å². The molecular formula is C17H19N3O4. The van der Waals surface area contributed by atoms with Crippen molar-refractivity contribution in [2.24, 2.45) is 5.41 Å². The van der Waals surface area contributed by atoms with Crippen LogP contribution < -0.4 is 9.47 Å². The third kappa shape index (κ3) is 2.24. The van der Waals surface area contributed by atoms with Crippen molar-refractivity contribution in [3.63, 3.8) is 0 Å². The maximum absolute atomic E-state index is 12.1. The quantitative estimate of drug-likeness (QED) is 0.883. The van der Waals surface area contributed by atoms with E-state index in [1.807, 2.05) is 18.2 Å². The molecule has 3 heterocycles. The lowest BCUT2D eigenvalue weighted by Gasteiger charge is -2.36. The number of likely N-dealkylation sites (tertiary alicyclic amines) is 1. The van der Waals surface area contributed by atoms with Gasteiger partial charge in [0.15, 0.2) is 0 Å². The Morgan fingerprint density at radius 2 is 2.46 bits per heavy atom. The predicted octanol–water partition coefficient (Wildman–Crippen LogP) is 1.48. The van der Waals surface area contributed by atoms with Gasteiger partial charge in [-0.3, -0.25) is 9.69 Å². The van der Waals surface area contributed by atoms with Crippen LogP contribution in [-0.4, -0.2) is 52.7 Å². The molecule has 0 spiro atoms. The summed E-state index contributed by atoms with van der Waals surface area (Å²) in [5, 5.41) is 9.91. The van der Waals surface area contributed by atoms with Gasteiger partial charge in [-0.15, -0.1) is 0 Å². The molecule has 2 atom stereocenters. The molecule has 1 aromatic heterocycles. The molecule has 0 bridgehead atoms. The molecule has 1 aromatic carbocycles. The van der Waals surface area contributed by atoms with Gasteiger partial charge in [-0.05, 0) is 6.07 Å². The van der Waals surface area contributed by atoms with E-state index in [1.165, 1.54) is 0 Å². The number of carbonyl (C=O) groups is 1. The minimum absolute atomic E-state index is 0.111. The molecule has 1 fully saturated rings. The number of carboxylic acids is 1. The Bertz CT molecular complexity index is 761. The summed E-state index contributed by atoms with van der Waals surface area (Å²) in [4.78, 5) is 21.5. The molecule has 4 rings (SSSR count). The van der Waals surface area contributed by atoms with Crippen LogP contribution in [0.2, 0.25) is 0 Å². The van der Waals surface area contributed by atoms with E-state index in [2.05, 4.69) is 14.9 Å². The average molecular weight is 329 g/mol. The van der Waals surface area contributed by atoms with E-state index >= 15 is 0 Å². The number of hydrogen-bond donors (Lipinski definition) is 2. The number of imidazole rings is 1. The van der Waals surface area contributed by atoms with Crippen LogP contribution in [-0.2, 0) is 11.3 Å². The monoisotopic (exact) mass is 329 g/mol. The van der Waals surface area contributed by atoms with Crippen LogP contribution in [0.15, 0.2) is 30.6 Å². The van der Waals surface area contributed by atoms with Crippen LogP contribution in [0.25, 0.3) is 0 Å². The van der Waals surface area contributed by atoms with E-state index in [0.717, 1.165) is 17.1 Å². The lowest BCUT2D eigenvalue weighted by atomic mass is 9.73. The summed E-state index contributed by atoms with van der Waals surface area (Å²) in [5.41, 5.74) is 0.0140. The first-order valence-corrected chi connectivity index (χ1v) is 7.87. The fourth-order valence-corrected chi connectivity index (χ4v) is 3.81. The van der Waals surface area contributed by atoms with Crippen molar-refractivity contribution in [1.29, 1.82) is 0 Å². The van der Waals surface area contributed by atoms with E-state index in [-0.39, 0.29) is 12.5 Å². The second kappa shape index (κ2) is 5.52. The molecule has 2 aromatic rings. The molecule has 0 unspecified atom stereocenters. The standard InChI is InChI=1S/C17H19N3O4/c1-23-11-2-3-12-13-7-20(8-15-18-4-5-19-15)9-17(13,16(21)22)10-24-14(12)6-11/h2-6,13H,7-10H2,1H3,(H,18,19)(H,21,22)/t13-,17-/m1/s1. The number of nitrogens with zero attached hydrogens (tertiary/aromatic N) is 2. The Morgan fingerprint density at radius 1 is 1.58 bits per heavy atom. The number of methoxy groups -OCH3 is 1. The number of aliphatic carboxylic acids is 1. The van der Waals surface area contributed by atoms with Crippen LogP contribution in [0.4, 0.5) is 0 Å². The highest BCUT2D eigenvalue weighted by Crippen LogP contribution is 2.50. The van der Waals surface area contributed by atoms with Crippen LogP contribution in [0.5, 0.6) is 11.5 Å². The maximum atomic E-state index is 12.1. The summed E-state index contributed by atoms with van der Waals surface area (Å²) < 4.78 is 11.1. The van der Waals surface area contributed by atoms with Gasteiger partial charge in [0, 0.05) is 43.0 Å². The minimum atomic E-state index is -0.922. The van der Waals surface area contributed by atoms with Gasteiger partial charge in [0.1, 0.15) is 29.3 Å². The number of H-pyrrole nitrogens is 1. The summed E-state index contributed by atoms with van der Waals surface area (Å²) in [7, 11) is 1.60. The van der Waals surface area contributed by atoms with Crippen molar-refractivity contribution >= 4 is 5.97 Å². The molecule has 2 aliphatic heterocycles. The Morgan fingerprint density at radius 3 is 3.17 bits per heavy atom. The zero-order valence-electron chi connectivity index (χ0n) is 13.4. The molecular weight excluding hydrogens is 310 g/mol. The molecule has 7 nitrogen and oxygen atoms in total. The number of aromatic nitrogens is 2. The van der Waals surface area contributed by atoms with Gasteiger partial charge in [0.25, 0.3) is 0 Å². The molecule has 126 valence electrons. The first kappa shape index (κ1) is 15.0. The summed E-state index contributed by atoms with van der Waals surface area (Å²) in [5.74, 6) is 1.35. The van der Waals surface area contributed by atoms with Gasteiger partial charge in [0.2, 0.25) is 0 Å².